The molecule has 64 heavy (non-hydrogen) atoms. The molecule has 0 spiro atoms. The first-order valence-corrected chi connectivity index (χ1v) is 24.1. The normalized spacial score (nSPS) is 17.7. The molecule has 1 saturated carbocycles. The van der Waals surface area contributed by atoms with Gasteiger partial charge in [-0.15, -0.1) is 0 Å². The second-order valence-electron chi connectivity index (χ2n) is 18.3. The quantitative estimate of drug-likeness (QED) is 0.0660. The zero-order valence-corrected chi connectivity index (χ0v) is 43.1. The van der Waals surface area contributed by atoms with Crippen molar-refractivity contribution in [3.8, 4) is 5.75 Å². The number of benzene rings is 1. The summed E-state index contributed by atoms with van der Waals surface area (Å²) in [5, 5.41) is 0. The van der Waals surface area contributed by atoms with E-state index >= 15 is 0 Å². The molecule has 8 rings (SSSR count). The summed E-state index contributed by atoms with van der Waals surface area (Å²) in [4.78, 5) is 47.1. The van der Waals surface area contributed by atoms with Gasteiger partial charge in [0.15, 0.2) is 0 Å². The van der Waals surface area contributed by atoms with Gasteiger partial charge in [-0.1, -0.05) is 104 Å². The number of nitrogens with zero attached hydrogens (tertiary/aromatic N) is 10. The third kappa shape index (κ3) is 9.64. The number of allylic oxidation sites excluding steroid dienone is 6. The molecule has 5 heterocycles. The fourth-order valence-corrected chi connectivity index (χ4v) is 10.2. The molecule has 2 aliphatic heterocycles. The molecule has 10 bridgehead atoms. The van der Waals surface area contributed by atoms with Crippen LogP contribution in [0.5, 0.6) is 5.75 Å². The van der Waals surface area contributed by atoms with Crippen molar-refractivity contribution < 1.29 is 24.2 Å². The summed E-state index contributed by atoms with van der Waals surface area (Å²) >= 11 is 0. The zero-order valence-electron chi connectivity index (χ0n) is 40.1. The molecule has 12 heteroatoms. The number of anilines is 2. The first kappa shape index (κ1) is 47.3. The van der Waals surface area contributed by atoms with E-state index in [1.807, 2.05) is 0 Å². The van der Waals surface area contributed by atoms with Crippen LogP contribution in [0, 0.1) is 17.8 Å². The van der Waals surface area contributed by atoms with Gasteiger partial charge in [-0.25, -0.2) is 9.97 Å². The molecule has 1 fully saturated rings. The van der Waals surface area contributed by atoms with E-state index in [9.17, 15) is 0 Å². The average Bonchev–Trinajstić information content (AvgIpc) is 4.13. The van der Waals surface area contributed by atoms with Crippen LogP contribution in [0.2, 0.25) is 0 Å². The van der Waals surface area contributed by atoms with Gasteiger partial charge in [0.2, 0.25) is 0 Å². The Morgan fingerprint density at radius 3 is 1.42 bits per heavy atom. The van der Waals surface area contributed by atoms with E-state index in [2.05, 4.69) is 109 Å². The van der Waals surface area contributed by atoms with Crippen LogP contribution >= 0.6 is 0 Å². The van der Waals surface area contributed by atoms with E-state index in [1.165, 1.54) is 24.0 Å². The minimum atomic E-state index is 0. The monoisotopic (exact) mass is 912 g/mol. The Hall–Kier alpha value is -4.70. The maximum Gasteiger partial charge on any atom is 2.00 e. The van der Waals surface area contributed by atoms with Crippen molar-refractivity contribution in [1.29, 1.82) is 0 Å². The van der Waals surface area contributed by atoms with Gasteiger partial charge in [0, 0.05) is 50.3 Å². The number of aryl methyl sites for hydroxylation is 2. The molecular formula is C52H68N10OZn. The first-order valence-electron chi connectivity index (χ1n) is 24.1. The van der Waals surface area contributed by atoms with Gasteiger partial charge < -0.3 is 44.4 Å². The van der Waals surface area contributed by atoms with Crippen LogP contribution in [0.1, 0.15) is 159 Å². The second kappa shape index (κ2) is 21.1. The minimum absolute atomic E-state index is 0. The SMILES string of the molecule is CCCC1=C(CCC)c2nc1nc1[n-]c(nc3nc(nc4[n-]c(n2)c(N(C)C)c4N(C)Cc2ccc(OCC4C[C@H]5C=C[C@@H]4C5)cc2)C(CCC)=C3CCC)c(CCC)c1CCC.[Zn+2]. The van der Waals surface area contributed by atoms with Crippen LogP contribution in [-0.4, -0.2) is 57.7 Å². The molecule has 0 saturated heterocycles. The van der Waals surface area contributed by atoms with Gasteiger partial charge in [0.25, 0.3) is 0 Å². The Morgan fingerprint density at radius 1 is 0.547 bits per heavy atom. The van der Waals surface area contributed by atoms with Gasteiger partial charge >= 0.3 is 19.5 Å². The Morgan fingerprint density at radius 2 is 1.00 bits per heavy atom. The summed E-state index contributed by atoms with van der Waals surface area (Å²) in [6.45, 7) is 14.7. The molecule has 4 aromatic rings. The molecular weight excluding hydrogens is 846 g/mol. The standard InChI is InChI=1S/C52H68N10O.Zn/c1-10-16-37-38(17-11-2)46-53-45(37)54-47-39(18-12-3)41(20-14-5)49(56-47)58-51-43(61(7)8)44(52(60-51)59-50-42(21-15-6)40(19-13-4)48(55-46)57-50)62(9)30-32-23-26-36(27-24-32)63-31-35-29-33-22-25-34(35)28-33;/h22-27,33-35H,10-21,28-31H2,1-9H3;/q-2;+2/t33-,34+,35?;/m0./s1. The third-order valence-electron chi connectivity index (χ3n) is 13.1. The van der Waals surface area contributed by atoms with Crippen molar-refractivity contribution in [1.82, 2.24) is 39.9 Å². The van der Waals surface area contributed by atoms with Crippen LogP contribution in [0.4, 0.5) is 11.4 Å². The van der Waals surface area contributed by atoms with Crippen LogP contribution in [0.25, 0.3) is 44.9 Å². The van der Waals surface area contributed by atoms with Crippen molar-refractivity contribution in [2.45, 2.75) is 138 Å². The van der Waals surface area contributed by atoms with Crippen LogP contribution < -0.4 is 24.5 Å². The Balaban J connectivity index is 0.00000612. The third-order valence-corrected chi connectivity index (χ3v) is 13.1. The molecule has 3 atom stereocenters. The molecule has 1 unspecified atom stereocenters. The van der Waals surface area contributed by atoms with Gasteiger partial charge in [-0.2, -0.15) is 0 Å². The number of ether oxygens (including phenoxy) is 1. The maximum absolute atomic E-state index is 6.34. The Bertz CT molecular complexity index is 2550. The van der Waals surface area contributed by atoms with Gasteiger partial charge in [0.05, 0.1) is 41.3 Å². The number of hydrogen-bond donors (Lipinski definition) is 0. The van der Waals surface area contributed by atoms with Gasteiger partial charge in [0.1, 0.15) is 5.75 Å². The van der Waals surface area contributed by atoms with Crippen molar-refractivity contribution in [2.75, 3.05) is 37.5 Å². The van der Waals surface area contributed by atoms with E-state index in [1.54, 1.807) is 0 Å². The molecule has 334 valence electrons. The number of hydrogen-bond acceptors (Lipinski definition) is 9. The second-order valence-corrected chi connectivity index (χ2v) is 18.3. The predicted octanol–water partition coefficient (Wildman–Crippen LogP) is 11.4. The fourth-order valence-electron chi connectivity index (χ4n) is 10.2. The number of fused-ring (bicyclic) bond motifs is 10. The van der Waals surface area contributed by atoms with Crippen molar-refractivity contribution in [2.24, 2.45) is 17.8 Å². The van der Waals surface area contributed by atoms with E-state index < -0.39 is 0 Å². The summed E-state index contributed by atoms with van der Waals surface area (Å²) in [6, 6.07) is 8.58. The smallest absolute Gasteiger partial charge is 0.493 e. The van der Waals surface area contributed by atoms with E-state index in [0.29, 0.717) is 53.0 Å². The summed E-state index contributed by atoms with van der Waals surface area (Å²) in [6.07, 6.45) is 18.3. The maximum atomic E-state index is 6.34. The molecule has 1 aromatic carbocycles. The van der Waals surface area contributed by atoms with E-state index in [-0.39, 0.29) is 19.5 Å². The molecule has 3 aromatic heterocycles. The topological polar surface area (TPSA) is 121 Å². The van der Waals surface area contributed by atoms with Gasteiger partial charge in [-0.05, 0) is 120 Å². The largest absolute Gasteiger partial charge is 2.00 e. The fraction of sp³-hybridized carbons (Fsp3) is 0.538. The Kier molecular flexibility index (Phi) is 15.6. The van der Waals surface area contributed by atoms with E-state index in [0.717, 1.165) is 146 Å². The van der Waals surface area contributed by atoms with Crippen molar-refractivity contribution in [3.63, 3.8) is 0 Å². The minimum Gasteiger partial charge on any atom is -0.493 e. The molecule has 2 aliphatic carbocycles. The number of rotatable bonds is 19. The average molecular weight is 915 g/mol. The first-order chi connectivity index (χ1) is 30.7. The van der Waals surface area contributed by atoms with Crippen LogP contribution in [-0.2, 0) is 38.9 Å². The summed E-state index contributed by atoms with van der Waals surface area (Å²) in [5.74, 6) is 5.72. The van der Waals surface area contributed by atoms with Crippen LogP contribution in [0.3, 0.4) is 0 Å². The molecule has 0 N–H and O–H groups in total. The van der Waals surface area contributed by atoms with Crippen LogP contribution in [0.15, 0.2) is 36.4 Å². The Labute approximate surface area is 394 Å². The molecule has 0 radical (unpaired) electrons. The summed E-state index contributed by atoms with van der Waals surface area (Å²) in [7, 11) is 6.25. The van der Waals surface area contributed by atoms with Crippen molar-refractivity contribution in [3.05, 3.63) is 76.4 Å². The molecule has 0 amide bonds. The number of aromatic nitrogens is 8. The van der Waals surface area contributed by atoms with Gasteiger partial charge in [-0.3, -0.25) is 0 Å². The summed E-state index contributed by atoms with van der Waals surface area (Å²) in [5.41, 5.74) is 12.5. The predicted molar refractivity (Wildman–Crippen MR) is 259 cm³/mol. The van der Waals surface area contributed by atoms with E-state index in [4.69, 9.17) is 44.6 Å². The summed E-state index contributed by atoms with van der Waals surface area (Å²) < 4.78 is 6.34. The molecule has 11 nitrogen and oxygen atoms in total. The molecule has 4 aliphatic rings. The van der Waals surface area contributed by atoms with Crippen molar-refractivity contribution >= 4 is 56.3 Å². The zero-order chi connectivity index (χ0) is 44.2.